The summed E-state index contributed by atoms with van der Waals surface area (Å²) < 4.78 is 0. The average molecular weight is 341 g/mol. The number of thiophene rings is 1. The van der Waals surface area contributed by atoms with Gasteiger partial charge in [-0.2, -0.15) is 0 Å². The number of rotatable bonds is 4. The average Bonchev–Trinajstić information content (AvgIpc) is 2.87. The molecule has 2 rings (SSSR count). The lowest BCUT2D eigenvalue weighted by molar-refractivity contribution is 0.0947. The first kappa shape index (κ1) is 17.2. The number of hydrogen-bond acceptors (Lipinski definition) is 4. The Hall–Kier alpha value is -1.18. The second-order valence-corrected chi connectivity index (χ2v) is 7.59. The largest absolute Gasteiger partial charge is 0.360 e. The molecule has 0 radical (unpaired) electrons. The van der Waals surface area contributed by atoms with Crippen LogP contribution in [0.5, 0.6) is 0 Å². The van der Waals surface area contributed by atoms with Crippen molar-refractivity contribution in [3.05, 3.63) is 21.4 Å². The number of hydrogen-bond donors (Lipinski definition) is 3. The van der Waals surface area contributed by atoms with Gasteiger partial charge in [-0.3, -0.25) is 15.6 Å². The molecule has 0 fully saturated rings. The van der Waals surface area contributed by atoms with Gasteiger partial charge >= 0.3 is 0 Å². The van der Waals surface area contributed by atoms with Gasteiger partial charge in [-0.05, 0) is 63.1 Å². The number of thiocarbonyl (C=S) groups is 1. The fraction of sp³-hybridized carbons (Fsp3) is 0.600. The maximum Gasteiger partial charge on any atom is 0.279 e. The van der Waals surface area contributed by atoms with E-state index in [1.165, 1.54) is 16.9 Å². The highest BCUT2D eigenvalue weighted by atomic mass is 32.1. The minimum atomic E-state index is -0.121. The van der Waals surface area contributed by atoms with Gasteiger partial charge < -0.3 is 10.2 Å². The van der Waals surface area contributed by atoms with Crippen LogP contribution in [0.4, 0.5) is 0 Å². The SMILES string of the molecule is C[C@@H]1CCc2sc(C(=O)NNC(=S)NCCN(C)C)cc2C1. The summed E-state index contributed by atoms with van der Waals surface area (Å²) in [6.07, 6.45) is 3.39. The van der Waals surface area contributed by atoms with Crippen molar-refractivity contribution in [2.45, 2.75) is 26.2 Å². The zero-order valence-electron chi connectivity index (χ0n) is 13.4. The van der Waals surface area contributed by atoms with Gasteiger partial charge in [-0.15, -0.1) is 11.3 Å². The van der Waals surface area contributed by atoms with Crippen molar-refractivity contribution in [1.82, 2.24) is 21.1 Å². The van der Waals surface area contributed by atoms with E-state index in [0.29, 0.717) is 11.0 Å². The van der Waals surface area contributed by atoms with Gasteiger partial charge in [0, 0.05) is 18.0 Å². The van der Waals surface area contributed by atoms with Gasteiger partial charge in [0.05, 0.1) is 4.88 Å². The molecule has 1 atom stereocenters. The molecule has 1 aliphatic carbocycles. The summed E-state index contributed by atoms with van der Waals surface area (Å²) in [6, 6.07) is 2.02. The Kier molecular flexibility index (Phi) is 6.16. The monoisotopic (exact) mass is 340 g/mol. The van der Waals surface area contributed by atoms with Gasteiger partial charge in [0.1, 0.15) is 0 Å². The van der Waals surface area contributed by atoms with E-state index in [4.69, 9.17) is 12.2 Å². The summed E-state index contributed by atoms with van der Waals surface area (Å²) >= 11 is 6.72. The number of aryl methyl sites for hydroxylation is 1. The molecule has 7 heteroatoms. The van der Waals surface area contributed by atoms with Gasteiger partial charge in [-0.25, -0.2) is 0 Å². The molecule has 0 aromatic carbocycles. The number of nitrogens with one attached hydrogen (secondary N) is 3. The molecule has 0 saturated heterocycles. The lowest BCUT2D eigenvalue weighted by atomic mass is 9.90. The van der Waals surface area contributed by atoms with Crippen LogP contribution in [-0.4, -0.2) is 43.1 Å². The highest BCUT2D eigenvalue weighted by Gasteiger charge is 2.20. The van der Waals surface area contributed by atoms with E-state index in [1.54, 1.807) is 11.3 Å². The minimum Gasteiger partial charge on any atom is -0.360 e. The summed E-state index contributed by atoms with van der Waals surface area (Å²) in [5.74, 6) is 0.591. The molecule has 0 bridgehead atoms. The molecule has 0 aliphatic heterocycles. The van der Waals surface area contributed by atoms with Crippen molar-refractivity contribution in [1.29, 1.82) is 0 Å². The summed E-state index contributed by atoms with van der Waals surface area (Å²) in [4.78, 5) is 16.3. The van der Waals surface area contributed by atoms with Crippen LogP contribution in [0.15, 0.2) is 6.07 Å². The number of amides is 1. The fourth-order valence-electron chi connectivity index (χ4n) is 2.43. The lowest BCUT2D eigenvalue weighted by Gasteiger charge is -2.16. The van der Waals surface area contributed by atoms with E-state index in [2.05, 4.69) is 28.0 Å². The Labute approximate surface area is 141 Å². The number of hydrazine groups is 1. The molecule has 1 amide bonds. The van der Waals surface area contributed by atoms with E-state index in [9.17, 15) is 4.79 Å². The highest BCUT2D eigenvalue weighted by molar-refractivity contribution is 7.80. The van der Waals surface area contributed by atoms with Crippen molar-refractivity contribution in [3.63, 3.8) is 0 Å². The van der Waals surface area contributed by atoms with Crippen molar-refractivity contribution >= 4 is 34.6 Å². The Balaban J connectivity index is 1.79. The standard InChI is InChI=1S/C15H24N4OS2/c1-10-4-5-12-11(8-10)9-13(22-12)14(20)17-18-15(21)16-6-7-19(2)3/h9-10H,4-8H2,1-3H3,(H,17,20)(H2,16,18,21)/t10-/m1/s1. The Bertz CT molecular complexity index is 542. The van der Waals surface area contributed by atoms with E-state index in [0.717, 1.165) is 30.8 Å². The number of nitrogens with zero attached hydrogens (tertiary/aromatic N) is 1. The molecule has 3 N–H and O–H groups in total. The van der Waals surface area contributed by atoms with Crippen LogP contribution in [-0.2, 0) is 12.8 Å². The Morgan fingerprint density at radius 2 is 2.23 bits per heavy atom. The van der Waals surface area contributed by atoms with Crippen LogP contribution < -0.4 is 16.2 Å². The molecule has 0 saturated carbocycles. The topological polar surface area (TPSA) is 56.4 Å². The first-order valence-electron chi connectivity index (χ1n) is 7.56. The van der Waals surface area contributed by atoms with Crippen molar-refractivity contribution in [3.8, 4) is 0 Å². The van der Waals surface area contributed by atoms with Crippen LogP contribution >= 0.6 is 23.6 Å². The maximum absolute atomic E-state index is 12.2. The van der Waals surface area contributed by atoms with Crippen molar-refractivity contribution in [2.75, 3.05) is 27.2 Å². The summed E-state index contributed by atoms with van der Waals surface area (Å²) in [7, 11) is 4.00. The van der Waals surface area contributed by atoms with Crippen LogP contribution in [0.25, 0.3) is 0 Å². The van der Waals surface area contributed by atoms with Crippen LogP contribution in [0.2, 0.25) is 0 Å². The minimum absolute atomic E-state index is 0.121. The highest BCUT2D eigenvalue weighted by Crippen LogP contribution is 2.31. The zero-order valence-corrected chi connectivity index (χ0v) is 15.0. The Morgan fingerprint density at radius 1 is 1.45 bits per heavy atom. The molecule has 5 nitrogen and oxygen atoms in total. The van der Waals surface area contributed by atoms with Crippen LogP contribution in [0.1, 0.15) is 33.5 Å². The number of likely N-dealkylation sites (N-methyl/N-ethyl adjacent to an activating group) is 1. The molecule has 0 unspecified atom stereocenters. The number of carbonyl (C=O) groups excluding carboxylic acids is 1. The van der Waals surface area contributed by atoms with Crippen molar-refractivity contribution < 1.29 is 4.79 Å². The van der Waals surface area contributed by atoms with Gasteiger partial charge in [-0.1, -0.05) is 6.92 Å². The maximum atomic E-state index is 12.2. The third-order valence-corrected chi connectivity index (χ3v) is 5.17. The molecule has 1 aliphatic rings. The molecule has 1 aromatic heterocycles. The third-order valence-electron chi connectivity index (χ3n) is 3.69. The molecular formula is C15H24N4OS2. The lowest BCUT2D eigenvalue weighted by Crippen LogP contribution is -2.47. The summed E-state index contributed by atoms with van der Waals surface area (Å²) in [6.45, 7) is 3.88. The second-order valence-electron chi connectivity index (χ2n) is 6.05. The number of carbonyl (C=O) groups is 1. The molecule has 0 spiro atoms. The second kappa shape index (κ2) is 7.89. The third kappa shape index (κ3) is 4.93. The molecule has 122 valence electrons. The molecule has 22 heavy (non-hydrogen) atoms. The zero-order chi connectivity index (χ0) is 16.1. The summed E-state index contributed by atoms with van der Waals surface area (Å²) in [5, 5.41) is 3.48. The van der Waals surface area contributed by atoms with Crippen LogP contribution in [0.3, 0.4) is 0 Å². The quantitative estimate of drug-likeness (QED) is 0.573. The van der Waals surface area contributed by atoms with E-state index >= 15 is 0 Å². The van der Waals surface area contributed by atoms with E-state index in [1.807, 2.05) is 20.2 Å². The smallest absolute Gasteiger partial charge is 0.279 e. The Morgan fingerprint density at radius 3 is 2.95 bits per heavy atom. The molecular weight excluding hydrogens is 316 g/mol. The molecule has 1 aromatic rings. The van der Waals surface area contributed by atoms with E-state index < -0.39 is 0 Å². The van der Waals surface area contributed by atoms with Crippen molar-refractivity contribution in [2.24, 2.45) is 5.92 Å². The van der Waals surface area contributed by atoms with Gasteiger partial charge in [0.2, 0.25) is 0 Å². The normalized spacial score (nSPS) is 17.0. The summed E-state index contributed by atoms with van der Waals surface area (Å²) in [5.41, 5.74) is 6.75. The predicted octanol–water partition coefficient (Wildman–Crippen LogP) is 1.54. The predicted molar refractivity (Wildman–Crippen MR) is 95.3 cm³/mol. The molecule has 1 heterocycles. The van der Waals surface area contributed by atoms with Gasteiger partial charge in [0.25, 0.3) is 5.91 Å². The first-order valence-corrected chi connectivity index (χ1v) is 8.78. The van der Waals surface area contributed by atoms with Gasteiger partial charge in [0.15, 0.2) is 5.11 Å². The first-order chi connectivity index (χ1) is 10.5. The number of fused-ring (bicyclic) bond motifs is 1. The van der Waals surface area contributed by atoms with E-state index in [-0.39, 0.29) is 5.91 Å². The fourth-order valence-corrected chi connectivity index (χ4v) is 3.69. The van der Waals surface area contributed by atoms with Crippen LogP contribution in [0, 0.1) is 5.92 Å².